The summed E-state index contributed by atoms with van der Waals surface area (Å²) in [6, 6.07) is 7.48. The van der Waals surface area contributed by atoms with Crippen LogP contribution in [0.3, 0.4) is 0 Å². The van der Waals surface area contributed by atoms with Crippen molar-refractivity contribution < 1.29 is 5.11 Å². The zero-order valence-electron chi connectivity index (χ0n) is 15.2. The third kappa shape index (κ3) is 4.57. The van der Waals surface area contributed by atoms with Gasteiger partial charge in [-0.1, -0.05) is 12.1 Å². The van der Waals surface area contributed by atoms with E-state index in [9.17, 15) is 5.11 Å². The molecule has 0 aliphatic carbocycles. The van der Waals surface area contributed by atoms with Gasteiger partial charge in [-0.05, 0) is 19.1 Å². The molecule has 2 heterocycles. The summed E-state index contributed by atoms with van der Waals surface area (Å²) in [6.45, 7) is 6.87. The molecule has 1 aromatic heterocycles. The summed E-state index contributed by atoms with van der Waals surface area (Å²) in [7, 11) is 1.79. The quantitative estimate of drug-likeness (QED) is 0.400. The number of aryl methyl sites for hydroxylation is 1. The summed E-state index contributed by atoms with van der Waals surface area (Å²) < 4.78 is 2.01. The van der Waals surface area contributed by atoms with E-state index in [4.69, 9.17) is 0 Å². The minimum atomic E-state index is 0. The molecule has 0 bridgehead atoms. The molecular weight excluding hydrogens is 445 g/mol. The topological polar surface area (TPSA) is 81.8 Å². The number of phenolic OH excluding ortho intramolecular Hbond substituents is 1. The summed E-state index contributed by atoms with van der Waals surface area (Å²) in [4.78, 5) is 8.81. The van der Waals surface area contributed by atoms with E-state index in [1.54, 1.807) is 19.4 Å². The number of nitrogens with one attached hydrogen (secondary N) is 1. The second kappa shape index (κ2) is 9.60. The third-order valence-electron chi connectivity index (χ3n) is 4.45. The number of benzene rings is 1. The number of piperazine rings is 1. The molecule has 8 nitrogen and oxygen atoms in total. The van der Waals surface area contributed by atoms with Crippen LogP contribution in [0.25, 0.3) is 0 Å². The number of hydrogen-bond donors (Lipinski definition) is 2. The predicted octanol–water partition coefficient (Wildman–Crippen LogP) is 1.52. The van der Waals surface area contributed by atoms with Crippen molar-refractivity contribution >= 4 is 35.6 Å². The van der Waals surface area contributed by atoms with Gasteiger partial charge in [0, 0.05) is 39.8 Å². The van der Waals surface area contributed by atoms with Crippen molar-refractivity contribution in [1.29, 1.82) is 0 Å². The van der Waals surface area contributed by atoms with Crippen LogP contribution < -0.4 is 10.2 Å². The molecule has 9 heteroatoms. The molecule has 0 unspecified atom stereocenters. The number of phenols is 1. The van der Waals surface area contributed by atoms with E-state index >= 15 is 0 Å². The van der Waals surface area contributed by atoms with E-state index in [1.165, 1.54) is 0 Å². The van der Waals surface area contributed by atoms with Crippen molar-refractivity contribution in [1.82, 2.24) is 25.0 Å². The monoisotopic (exact) mass is 471 g/mol. The Morgan fingerprint density at radius 1 is 1.23 bits per heavy atom. The molecule has 0 spiro atoms. The van der Waals surface area contributed by atoms with Crippen LogP contribution in [0.5, 0.6) is 5.75 Å². The largest absolute Gasteiger partial charge is 0.506 e. The fourth-order valence-corrected chi connectivity index (χ4v) is 3.06. The highest BCUT2D eigenvalue weighted by molar-refractivity contribution is 14.0. The summed E-state index contributed by atoms with van der Waals surface area (Å²) in [6.07, 6.45) is 1.74. The minimum Gasteiger partial charge on any atom is -0.506 e. The van der Waals surface area contributed by atoms with E-state index < -0.39 is 0 Å². The zero-order chi connectivity index (χ0) is 17.6. The molecule has 142 valence electrons. The Hall–Kier alpha value is -2.04. The molecule has 0 atom stereocenters. The lowest BCUT2D eigenvalue weighted by molar-refractivity contribution is 0.369. The van der Waals surface area contributed by atoms with E-state index in [-0.39, 0.29) is 24.0 Å². The smallest absolute Gasteiger partial charge is 0.194 e. The first kappa shape index (κ1) is 20.3. The van der Waals surface area contributed by atoms with Gasteiger partial charge in [-0.3, -0.25) is 4.99 Å². The average molecular weight is 471 g/mol. The van der Waals surface area contributed by atoms with Crippen LogP contribution in [0.15, 0.2) is 35.6 Å². The van der Waals surface area contributed by atoms with E-state index in [0.717, 1.165) is 50.2 Å². The maximum Gasteiger partial charge on any atom is 0.194 e. The molecule has 1 aromatic carbocycles. The first-order valence-electron chi connectivity index (χ1n) is 8.58. The molecule has 2 N–H and O–H groups in total. The van der Waals surface area contributed by atoms with Gasteiger partial charge >= 0.3 is 0 Å². The summed E-state index contributed by atoms with van der Waals surface area (Å²) in [5.41, 5.74) is 0.890. The number of para-hydroxylation sites is 2. The highest BCUT2D eigenvalue weighted by Gasteiger charge is 2.21. The molecule has 1 aliphatic rings. The van der Waals surface area contributed by atoms with Gasteiger partial charge in [0.2, 0.25) is 0 Å². The maximum atomic E-state index is 10.0. The molecule has 0 amide bonds. The predicted molar refractivity (Wildman–Crippen MR) is 113 cm³/mol. The lowest BCUT2D eigenvalue weighted by Gasteiger charge is -2.37. The molecular formula is C17H26IN7O. The molecule has 1 saturated heterocycles. The first-order chi connectivity index (χ1) is 12.2. The molecule has 0 saturated carbocycles. The highest BCUT2D eigenvalue weighted by atomic mass is 127. The number of hydrogen-bond acceptors (Lipinski definition) is 5. The van der Waals surface area contributed by atoms with Crippen molar-refractivity contribution in [3.8, 4) is 5.75 Å². The summed E-state index contributed by atoms with van der Waals surface area (Å²) in [5.74, 6) is 2.09. The molecule has 26 heavy (non-hydrogen) atoms. The van der Waals surface area contributed by atoms with Gasteiger partial charge < -0.3 is 24.8 Å². The first-order valence-corrected chi connectivity index (χ1v) is 8.58. The fourth-order valence-electron chi connectivity index (χ4n) is 3.06. The van der Waals surface area contributed by atoms with Gasteiger partial charge in [0.05, 0.1) is 12.2 Å². The Balaban J connectivity index is 0.00000243. The number of rotatable bonds is 4. The number of guanidine groups is 1. The van der Waals surface area contributed by atoms with Gasteiger partial charge in [0.15, 0.2) is 11.8 Å². The SMILES string of the molecule is CCn1cnnc1CNC(=NC)N1CCN(c2ccccc2O)CC1.I. The van der Waals surface area contributed by atoms with Crippen molar-refractivity contribution in [2.45, 2.75) is 20.0 Å². The number of aromatic hydroxyl groups is 1. The normalized spacial score (nSPS) is 14.9. The van der Waals surface area contributed by atoms with Crippen molar-refractivity contribution in [3.05, 3.63) is 36.4 Å². The number of aromatic nitrogens is 3. The molecule has 1 fully saturated rings. The summed E-state index contributed by atoms with van der Waals surface area (Å²) in [5, 5.41) is 21.5. The van der Waals surface area contributed by atoms with Crippen LogP contribution in [-0.2, 0) is 13.1 Å². The van der Waals surface area contributed by atoms with Crippen LogP contribution in [0.1, 0.15) is 12.7 Å². The number of anilines is 1. The number of halogens is 1. The molecule has 0 radical (unpaired) electrons. The van der Waals surface area contributed by atoms with Gasteiger partial charge in [0.25, 0.3) is 0 Å². The second-order valence-corrected chi connectivity index (χ2v) is 5.90. The van der Waals surface area contributed by atoms with Crippen molar-refractivity contribution in [2.24, 2.45) is 4.99 Å². The van der Waals surface area contributed by atoms with Gasteiger partial charge in [-0.15, -0.1) is 34.2 Å². The van der Waals surface area contributed by atoms with E-state index in [0.29, 0.717) is 12.3 Å². The van der Waals surface area contributed by atoms with E-state index in [2.05, 4.69) is 37.2 Å². The van der Waals surface area contributed by atoms with Gasteiger partial charge in [-0.25, -0.2) is 0 Å². The van der Waals surface area contributed by atoms with E-state index in [1.807, 2.05) is 22.8 Å². The van der Waals surface area contributed by atoms with Crippen LogP contribution >= 0.6 is 24.0 Å². The average Bonchev–Trinajstić information content (AvgIpc) is 3.11. The van der Waals surface area contributed by atoms with Crippen LogP contribution in [-0.4, -0.2) is 64.0 Å². The Morgan fingerprint density at radius 2 is 1.96 bits per heavy atom. The van der Waals surface area contributed by atoms with Crippen LogP contribution in [0.2, 0.25) is 0 Å². The number of aliphatic imine (C=N–C) groups is 1. The Bertz CT molecular complexity index is 725. The summed E-state index contributed by atoms with van der Waals surface area (Å²) >= 11 is 0. The zero-order valence-corrected chi connectivity index (χ0v) is 17.5. The van der Waals surface area contributed by atoms with Crippen LogP contribution in [0.4, 0.5) is 5.69 Å². The minimum absolute atomic E-state index is 0. The third-order valence-corrected chi connectivity index (χ3v) is 4.45. The van der Waals surface area contributed by atoms with Crippen molar-refractivity contribution in [2.75, 3.05) is 38.1 Å². The van der Waals surface area contributed by atoms with Crippen molar-refractivity contribution in [3.63, 3.8) is 0 Å². The molecule has 2 aromatic rings. The fraction of sp³-hybridized carbons (Fsp3) is 0.471. The van der Waals surface area contributed by atoms with Crippen LogP contribution in [0, 0.1) is 0 Å². The molecule has 1 aliphatic heterocycles. The maximum absolute atomic E-state index is 10.0. The Labute approximate surface area is 170 Å². The van der Waals surface area contributed by atoms with Gasteiger partial charge in [-0.2, -0.15) is 0 Å². The Kier molecular flexibility index (Phi) is 7.49. The lowest BCUT2D eigenvalue weighted by Crippen LogP contribution is -2.52. The highest BCUT2D eigenvalue weighted by Crippen LogP contribution is 2.27. The number of nitrogens with zero attached hydrogens (tertiary/aromatic N) is 6. The second-order valence-electron chi connectivity index (χ2n) is 5.90. The lowest BCUT2D eigenvalue weighted by atomic mass is 10.2. The van der Waals surface area contributed by atoms with Gasteiger partial charge in [0.1, 0.15) is 12.1 Å². The standard InChI is InChI=1S/C17H25N7O.HI/c1-3-22-13-20-21-16(22)12-19-17(18-2)24-10-8-23(9-11-24)14-6-4-5-7-15(14)25;/h4-7,13,25H,3,8-12H2,1-2H3,(H,18,19);1H. The molecule has 3 rings (SSSR count). The Morgan fingerprint density at radius 3 is 2.62 bits per heavy atom.